The van der Waals surface area contributed by atoms with Gasteiger partial charge in [-0.25, -0.2) is 19.3 Å². The summed E-state index contributed by atoms with van der Waals surface area (Å²) in [6.45, 7) is -0.292. The van der Waals surface area contributed by atoms with Gasteiger partial charge in [0.2, 0.25) is 0 Å². The lowest BCUT2D eigenvalue weighted by atomic mass is 9.89. The van der Waals surface area contributed by atoms with Crippen molar-refractivity contribution in [3.05, 3.63) is 166 Å². The third kappa shape index (κ3) is 6.63. The van der Waals surface area contributed by atoms with Crippen molar-refractivity contribution in [1.29, 1.82) is 0 Å². The number of phenolic OH excluding ortho intramolecular Hbond substituents is 2. The lowest BCUT2D eigenvalue weighted by molar-refractivity contribution is -0.118. The Kier molecular flexibility index (Phi) is 9.24. The molecule has 5 N–H and O–H groups in total. The number of hydrogen-bond donors (Lipinski definition) is 5. The second kappa shape index (κ2) is 15.8. The molecular weight excluding hydrogens is 980 g/mol. The van der Waals surface area contributed by atoms with Gasteiger partial charge in [-0.3, -0.25) is 13.9 Å². The van der Waals surface area contributed by atoms with Crippen molar-refractivity contribution in [3.8, 4) is 50.2 Å². The summed E-state index contributed by atoms with van der Waals surface area (Å²) in [6, 6.07) is 25.2. The number of hydrogen-bond acceptors (Lipinski definition) is 17. The number of aromatic hydroxyl groups is 2. The maximum atomic E-state index is 17.3. The number of thiazole rings is 2. The number of halogens is 1. The first-order chi connectivity index (χ1) is 34.7. The van der Waals surface area contributed by atoms with Gasteiger partial charge in [-0.1, -0.05) is 52.2 Å². The zero-order chi connectivity index (χ0) is 47.6. The van der Waals surface area contributed by atoms with Crippen LogP contribution in [0.4, 0.5) is 20.9 Å². The second-order valence-electron chi connectivity index (χ2n) is 16.8. The standard InChI is InChI=1S/C51H28FN10O5S4/c52-31-19-39-32(55-42(65)21-67-39)17-30(31)44-28-4-2-6-38(64)46(28)57-48(45(44)35-15-25-3-1-5-37(63)43(25)49(66)56-35)62-36(24-11-12-61-27(13-24)20-54-71-61)18-29(23-7-9-40-33(14-23)53-22-68-40)47-51(62)69-50(58-47)26-8-10-41-34(16-26)59-60-70-41/h1-17,19-20,22,36,54,63-64H,21H2,(H,55,65)(H,56,66). The summed E-state index contributed by atoms with van der Waals surface area (Å²) in [7, 11) is 0. The molecule has 0 aliphatic carbocycles. The molecule has 71 heavy (non-hydrogen) atoms. The highest BCUT2D eigenvalue weighted by molar-refractivity contribution is 7.95. The molecule has 0 fully saturated rings. The Morgan fingerprint density at radius 3 is 2.69 bits per heavy atom. The molecule has 1 amide bonds. The SMILES string of the molecule is O=C1COc2cc(F)c(-c3c(-c4cc5cccc(O)c5c(=O)[nH]4)c(N4c5sc(-c6ccc7snnc7c6)nc5C(c5ccc6scnc6c5)=[C]C4C4=CC5=CNSN5C=C4)nc4c(O)cccc34)cc2N1. The average Bonchev–Trinajstić information content (AvgIpc) is 4.22. The summed E-state index contributed by atoms with van der Waals surface area (Å²) in [5.74, 6) is -1.24. The Labute approximate surface area is 415 Å². The molecule has 4 aliphatic rings. The molecule has 5 aromatic carbocycles. The fraction of sp³-hybridized carbons (Fsp3) is 0.0392. The fourth-order valence-electron chi connectivity index (χ4n) is 9.47. The van der Waals surface area contributed by atoms with Crippen LogP contribution in [0.3, 0.4) is 0 Å². The third-order valence-corrected chi connectivity index (χ3v) is 16.0. The third-order valence-electron chi connectivity index (χ3n) is 12.7. The number of aromatic nitrogens is 6. The molecule has 1 unspecified atom stereocenters. The Bertz CT molecular complexity index is 4200. The number of fused-ring (bicyclic) bond motifs is 7. The van der Waals surface area contributed by atoms with Crippen LogP contribution in [0.15, 0.2) is 137 Å². The molecule has 0 saturated carbocycles. The number of rotatable bonds is 6. The lowest BCUT2D eigenvalue weighted by Gasteiger charge is -2.37. The van der Waals surface area contributed by atoms with Gasteiger partial charge < -0.3 is 34.9 Å². The highest BCUT2D eigenvalue weighted by Crippen LogP contribution is 2.54. The van der Waals surface area contributed by atoms with E-state index in [2.05, 4.69) is 35.7 Å². The summed E-state index contributed by atoms with van der Waals surface area (Å²) in [5.41, 5.74) is 8.24. The van der Waals surface area contributed by atoms with E-state index in [4.69, 9.17) is 14.7 Å². The van der Waals surface area contributed by atoms with Gasteiger partial charge in [0, 0.05) is 51.7 Å². The maximum Gasteiger partial charge on any atom is 0.262 e. The number of nitrogens with one attached hydrogen (secondary N) is 3. The molecule has 1 radical (unpaired) electrons. The summed E-state index contributed by atoms with van der Waals surface area (Å²) < 4.78 is 34.3. The van der Waals surface area contributed by atoms with Crippen LogP contribution in [0.25, 0.3) is 80.6 Å². The number of aromatic amines is 1. The van der Waals surface area contributed by atoms with Crippen LogP contribution in [0, 0.1) is 11.9 Å². The molecule has 14 rings (SSSR count). The number of carbonyl (C=O) groups excluding carboxylic acids is 1. The molecule has 10 aromatic rings. The quantitative estimate of drug-likeness (QED) is 0.0988. The molecule has 343 valence electrons. The number of H-pyrrole nitrogens is 1. The zero-order valence-electron chi connectivity index (χ0n) is 36.1. The van der Waals surface area contributed by atoms with Gasteiger partial charge in [0.25, 0.3) is 11.5 Å². The number of para-hydroxylation sites is 1. The highest BCUT2D eigenvalue weighted by atomic mass is 32.2. The van der Waals surface area contributed by atoms with Crippen LogP contribution in [0.5, 0.6) is 17.2 Å². The second-order valence-corrected chi connectivity index (χ2v) is 20.3. The van der Waals surface area contributed by atoms with E-state index in [-0.39, 0.29) is 68.6 Å². The molecule has 0 saturated heterocycles. The Morgan fingerprint density at radius 1 is 0.901 bits per heavy atom. The van der Waals surface area contributed by atoms with Crippen molar-refractivity contribution in [3.63, 3.8) is 0 Å². The minimum absolute atomic E-state index is 0.00742. The van der Waals surface area contributed by atoms with Crippen molar-refractivity contribution >= 4 is 116 Å². The minimum Gasteiger partial charge on any atom is -0.507 e. The zero-order valence-corrected chi connectivity index (χ0v) is 39.4. The maximum absolute atomic E-state index is 17.3. The predicted octanol–water partition coefficient (Wildman–Crippen LogP) is 10.5. The first kappa shape index (κ1) is 41.5. The van der Waals surface area contributed by atoms with E-state index in [1.54, 1.807) is 41.7 Å². The first-order valence-corrected chi connectivity index (χ1v) is 25.0. The smallest absolute Gasteiger partial charge is 0.262 e. The summed E-state index contributed by atoms with van der Waals surface area (Å²) >= 11 is 5.65. The number of carbonyl (C=O) groups is 1. The molecule has 9 heterocycles. The molecule has 0 bridgehead atoms. The van der Waals surface area contributed by atoms with Crippen LogP contribution in [0.2, 0.25) is 0 Å². The van der Waals surface area contributed by atoms with Crippen molar-refractivity contribution in [2.45, 2.75) is 6.04 Å². The topological polar surface area (TPSA) is 195 Å². The highest BCUT2D eigenvalue weighted by Gasteiger charge is 2.39. The summed E-state index contributed by atoms with van der Waals surface area (Å²) in [5, 5.41) is 32.1. The molecule has 20 heteroatoms. The van der Waals surface area contributed by atoms with E-state index in [0.717, 1.165) is 37.3 Å². The monoisotopic (exact) mass is 1010 g/mol. The van der Waals surface area contributed by atoms with Gasteiger partial charge in [-0.05, 0) is 94.8 Å². The van der Waals surface area contributed by atoms with Crippen molar-refractivity contribution < 1.29 is 24.1 Å². The van der Waals surface area contributed by atoms with Gasteiger partial charge in [0.05, 0.1) is 61.1 Å². The largest absolute Gasteiger partial charge is 0.507 e. The average molecular weight is 1010 g/mol. The van der Waals surface area contributed by atoms with Crippen LogP contribution < -0.4 is 25.2 Å². The fourth-order valence-corrected chi connectivity index (χ4v) is 12.4. The van der Waals surface area contributed by atoms with Crippen LogP contribution in [-0.4, -0.2) is 62.6 Å². The minimum atomic E-state index is -0.813. The molecular formula is C51H28FN10O5S4. The van der Waals surface area contributed by atoms with Gasteiger partial charge >= 0.3 is 0 Å². The van der Waals surface area contributed by atoms with Crippen molar-refractivity contribution in [2.24, 2.45) is 0 Å². The number of phenols is 2. The van der Waals surface area contributed by atoms with E-state index in [9.17, 15) is 19.8 Å². The molecule has 0 spiro atoms. The summed E-state index contributed by atoms with van der Waals surface area (Å²) in [6.07, 6.45) is 11.8. The van der Waals surface area contributed by atoms with E-state index in [0.29, 0.717) is 37.6 Å². The van der Waals surface area contributed by atoms with E-state index in [1.807, 2.05) is 75.7 Å². The number of ether oxygens (including phenoxy) is 1. The molecule has 15 nitrogen and oxygen atoms in total. The number of pyridine rings is 2. The van der Waals surface area contributed by atoms with Crippen molar-refractivity contribution in [1.82, 2.24) is 38.6 Å². The molecule has 5 aromatic heterocycles. The van der Waals surface area contributed by atoms with Gasteiger partial charge in [0.1, 0.15) is 55.6 Å². The van der Waals surface area contributed by atoms with Crippen molar-refractivity contribution in [2.75, 3.05) is 16.8 Å². The number of benzene rings is 5. The Hall–Kier alpha value is -8.43. The van der Waals surface area contributed by atoms with Crippen LogP contribution in [0.1, 0.15) is 11.3 Å². The van der Waals surface area contributed by atoms with Crippen LogP contribution >= 0.6 is 46.3 Å². The first-order valence-electron chi connectivity index (χ1n) is 21.8. The van der Waals surface area contributed by atoms with Crippen LogP contribution in [-0.2, 0) is 4.79 Å². The van der Waals surface area contributed by atoms with Gasteiger partial charge in [-0.2, -0.15) is 0 Å². The molecule has 1 atom stereocenters. The van der Waals surface area contributed by atoms with E-state index in [1.165, 1.54) is 59.3 Å². The Morgan fingerprint density at radius 2 is 1.76 bits per heavy atom. The Balaban J connectivity index is 1.13. The normalized spacial score (nSPS) is 16.1. The number of allylic oxidation sites excluding steroid dienone is 1. The summed E-state index contributed by atoms with van der Waals surface area (Å²) in [4.78, 5) is 47.6. The predicted molar refractivity (Wildman–Crippen MR) is 276 cm³/mol. The number of nitrogens with zero attached hydrogens (tertiary/aromatic N) is 7. The number of amides is 1. The van der Waals surface area contributed by atoms with E-state index < -0.39 is 23.3 Å². The lowest BCUT2D eigenvalue weighted by Crippen LogP contribution is -2.36. The number of anilines is 3. The van der Waals surface area contributed by atoms with E-state index >= 15 is 4.39 Å². The van der Waals surface area contributed by atoms with Gasteiger partial charge in [0.15, 0.2) is 6.61 Å². The molecule has 4 aliphatic heterocycles. The van der Waals surface area contributed by atoms with Gasteiger partial charge in [-0.15, -0.1) is 16.4 Å².